The number of para-hydroxylation sites is 4. The van der Waals surface area contributed by atoms with E-state index in [2.05, 4.69) is 17.2 Å². The average Bonchev–Trinajstić information content (AvgIpc) is 2.68. The van der Waals surface area contributed by atoms with E-state index in [1.165, 1.54) is 0 Å². The van der Waals surface area contributed by atoms with Gasteiger partial charge in [0, 0.05) is 5.69 Å². The third-order valence-corrected chi connectivity index (χ3v) is 3.72. The molecule has 4 heteroatoms. The van der Waals surface area contributed by atoms with E-state index < -0.39 is 0 Å². The number of amides is 1. The van der Waals surface area contributed by atoms with Gasteiger partial charge in [0.2, 0.25) is 0 Å². The molecule has 3 rings (SSSR count). The predicted octanol–water partition coefficient (Wildman–Crippen LogP) is 5.25. The number of hydrogen-bond acceptors (Lipinski definition) is 3. The van der Waals surface area contributed by atoms with Crippen LogP contribution in [0.25, 0.3) is 0 Å². The Morgan fingerprint density at radius 1 is 0.885 bits per heavy atom. The number of carbonyl (C=O) groups excluding carboxylic acids is 1. The number of hydrogen-bond donors (Lipinski definition) is 2. The van der Waals surface area contributed by atoms with Gasteiger partial charge < -0.3 is 15.4 Å². The SMILES string of the molecule is C=CCOc1ccccc1NC(=O)c1ccccc1Nc1ccccc1. The van der Waals surface area contributed by atoms with E-state index in [1.807, 2.05) is 72.8 Å². The largest absolute Gasteiger partial charge is 0.487 e. The highest BCUT2D eigenvalue weighted by Crippen LogP contribution is 2.26. The zero-order valence-electron chi connectivity index (χ0n) is 14.3. The molecule has 0 radical (unpaired) electrons. The van der Waals surface area contributed by atoms with E-state index in [0.29, 0.717) is 23.6 Å². The number of anilines is 3. The van der Waals surface area contributed by atoms with Crippen LogP contribution in [0.4, 0.5) is 17.1 Å². The van der Waals surface area contributed by atoms with E-state index in [4.69, 9.17) is 4.74 Å². The molecular weight excluding hydrogens is 324 g/mol. The highest BCUT2D eigenvalue weighted by molar-refractivity contribution is 6.09. The Kier molecular flexibility index (Phi) is 5.68. The maximum Gasteiger partial charge on any atom is 0.257 e. The number of rotatable bonds is 7. The number of benzene rings is 3. The van der Waals surface area contributed by atoms with Gasteiger partial charge in [-0.2, -0.15) is 0 Å². The first-order chi connectivity index (χ1) is 12.8. The van der Waals surface area contributed by atoms with Crippen LogP contribution in [0.1, 0.15) is 10.4 Å². The van der Waals surface area contributed by atoms with Crippen LogP contribution in [0, 0.1) is 0 Å². The molecule has 3 aromatic carbocycles. The zero-order valence-corrected chi connectivity index (χ0v) is 14.3. The summed E-state index contributed by atoms with van der Waals surface area (Å²) in [5.41, 5.74) is 2.83. The molecule has 0 aliphatic rings. The Balaban J connectivity index is 1.82. The Morgan fingerprint density at radius 2 is 1.54 bits per heavy atom. The van der Waals surface area contributed by atoms with Crippen LogP contribution in [-0.2, 0) is 0 Å². The summed E-state index contributed by atoms with van der Waals surface area (Å²) in [6.45, 7) is 4.02. The minimum absolute atomic E-state index is 0.210. The topological polar surface area (TPSA) is 50.4 Å². The van der Waals surface area contributed by atoms with Gasteiger partial charge in [-0.3, -0.25) is 4.79 Å². The van der Waals surface area contributed by atoms with Crippen molar-refractivity contribution in [3.05, 3.63) is 97.1 Å². The van der Waals surface area contributed by atoms with Gasteiger partial charge in [-0.1, -0.05) is 55.1 Å². The predicted molar refractivity (Wildman–Crippen MR) is 106 cm³/mol. The lowest BCUT2D eigenvalue weighted by atomic mass is 10.1. The second-order valence-electron chi connectivity index (χ2n) is 5.59. The third-order valence-electron chi connectivity index (χ3n) is 3.72. The molecule has 2 N–H and O–H groups in total. The van der Waals surface area contributed by atoms with Crippen molar-refractivity contribution < 1.29 is 9.53 Å². The zero-order chi connectivity index (χ0) is 18.2. The molecule has 0 heterocycles. The monoisotopic (exact) mass is 344 g/mol. The normalized spacial score (nSPS) is 10.0. The maximum atomic E-state index is 12.8. The van der Waals surface area contributed by atoms with Gasteiger partial charge in [-0.05, 0) is 36.4 Å². The van der Waals surface area contributed by atoms with E-state index >= 15 is 0 Å². The summed E-state index contributed by atoms with van der Waals surface area (Å²) in [6, 6.07) is 24.5. The molecule has 0 saturated carbocycles. The molecule has 0 fully saturated rings. The van der Waals surface area contributed by atoms with E-state index in [1.54, 1.807) is 12.1 Å². The summed E-state index contributed by atoms with van der Waals surface area (Å²) in [6.07, 6.45) is 1.66. The van der Waals surface area contributed by atoms with Gasteiger partial charge in [0.05, 0.1) is 16.9 Å². The molecule has 26 heavy (non-hydrogen) atoms. The van der Waals surface area contributed by atoms with Crippen LogP contribution in [0.2, 0.25) is 0 Å². The van der Waals surface area contributed by atoms with Crippen LogP contribution in [0.3, 0.4) is 0 Å². The van der Waals surface area contributed by atoms with Gasteiger partial charge in [0.25, 0.3) is 5.91 Å². The minimum Gasteiger partial charge on any atom is -0.487 e. The summed E-state index contributed by atoms with van der Waals surface area (Å²) in [5, 5.41) is 6.21. The van der Waals surface area contributed by atoms with Gasteiger partial charge in [0.15, 0.2) is 0 Å². The quantitative estimate of drug-likeness (QED) is 0.576. The fourth-order valence-electron chi connectivity index (χ4n) is 2.50. The molecule has 0 aliphatic carbocycles. The third kappa shape index (κ3) is 4.30. The molecule has 0 bridgehead atoms. The van der Waals surface area contributed by atoms with Gasteiger partial charge in [-0.15, -0.1) is 0 Å². The highest BCUT2D eigenvalue weighted by atomic mass is 16.5. The molecule has 0 saturated heterocycles. The standard InChI is InChI=1S/C22H20N2O2/c1-2-16-26-21-15-9-8-14-20(21)24-22(25)18-12-6-7-13-19(18)23-17-10-4-3-5-11-17/h2-15,23H,1,16H2,(H,24,25). The lowest BCUT2D eigenvalue weighted by molar-refractivity contribution is 0.102. The molecule has 0 unspecified atom stereocenters. The van der Waals surface area contributed by atoms with Crippen molar-refractivity contribution in [1.82, 2.24) is 0 Å². The average molecular weight is 344 g/mol. The number of ether oxygens (including phenoxy) is 1. The van der Waals surface area contributed by atoms with Crippen LogP contribution in [0.15, 0.2) is 91.5 Å². The second kappa shape index (κ2) is 8.53. The number of nitrogens with one attached hydrogen (secondary N) is 2. The van der Waals surface area contributed by atoms with E-state index in [9.17, 15) is 4.79 Å². The van der Waals surface area contributed by atoms with Crippen LogP contribution < -0.4 is 15.4 Å². The highest BCUT2D eigenvalue weighted by Gasteiger charge is 2.13. The summed E-state index contributed by atoms with van der Waals surface area (Å²) < 4.78 is 5.60. The maximum absolute atomic E-state index is 12.8. The number of carbonyl (C=O) groups is 1. The molecule has 0 aliphatic heterocycles. The molecule has 130 valence electrons. The Bertz CT molecular complexity index is 891. The molecule has 4 nitrogen and oxygen atoms in total. The van der Waals surface area contributed by atoms with Gasteiger partial charge in [0.1, 0.15) is 12.4 Å². The van der Waals surface area contributed by atoms with Crippen LogP contribution in [-0.4, -0.2) is 12.5 Å². The summed E-state index contributed by atoms with van der Waals surface area (Å²) in [4.78, 5) is 12.8. The molecule has 3 aromatic rings. The first-order valence-corrected chi connectivity index (χ1v) is 8.33. The van der Waals surface area contributed by atoms with Crippen molar-refractivity contribution in [1.29, 1.82) is 0 Å². The molecule has 1 amide bonds. The van der Waals surface area contributed by atoms with Crippen LogP contribution in [0.5, 0.6) is 5.75 Å². The van der Waals surface area contributed by atoms with Gasteiger partial charge >= 0.3 is 0 Å². The van der Waals surface area contributed by atoms with Crippen molar-refractivity contribution in [2.24, 2.45) is 0 Å². The fourth-order valence-corrected chi connectivity index (χ4v) is 2.50. The van der Waals surface area contributed by atoms with Crippen molar-refractivity contribution in [3.8, 4) is 5.75 Å². The molecule has 0 aromatic heterocycles. The summed E-state index contributed by atoms with van der Waals surface area (Å²) in [5.74, 6) is 0.396. The molecule has 0 spiro atoms. The van der Waals surface area contributed by atoms with Crippen molar-refractivity contribution in [3.63, 3.8) is 0 Å². The Morgan fingerprint density at radius 3 is 2.31 bits per heavy atom. The Labute approximate surface area is 153 Å². The van der Waals surface area contributed by atoms with E-state index in [-0.39, 0.29) is 5.91 Å². The first kappa shape index (κ1) is 17.3. The lowest BCUT2D eigenvalue weighted by Crippen LogP contribution is -2.14. The minimum atomic E-state index is -0.210. The Hall–Kier alpha value is -3.53. The lowest BCUT2D eigenvalue weighted by Gasteiger charge is -2.14. The smallest absolute Gasteiger partial charge is 0.257 e. The van der Waals surface area contributed by atoms with Crippen molar-refractivity contribution in [2.45, 2.75) is 0 Å². The molecule has 0 atom stereocenters. The fraction of sp³-hybridized carbons (Fsp3) is 0.0455. The second-order valence-corrected chi connectivity index (χ2v) is 5.59. The van der Waals surface area contributed by atoms with Gasteiger partial charge in [-0.25, -0.2) is 0 Å². The van der Waals surface area contributed by atoms with Crippen molar-refractivity contribution in [2.75, 3.05) is 17.2 Å². The van der Waals surface area contributed by atoms with Crippen LogP contribution >= 0.6 is 0 Å². The van der Waals surface area contributed by atoms with E-state index in [0.717, 1.165) is 11.4 Å². The first-order valence-electron chi connectivity index (χ1n) is 8.33. The summed E-state index contributed by atoms with van der Waals surface area (Å²) in [7, 11) is 0. The summed E-state index contributed by atoms with van der Waals surface area (Å²) >= 11 is 0. The molecular formula is C22H20N2O2. The van der Waals surface area contributed by atoms with Crippen molar-refractivity contribution >= 4 is 23.0 Å².